The van der Waals surface area contributed by atoms with Gasteiger partial charge in [0.1, 0.15) is 13.2 Å². The summed E-state index contributed by atoms with van der Waals surface area (Å²) in [6, 6.07) is -0.871. The number of phosphoric acid groups is 1. The van der Waals surface area contributed by atoms with E-state index in [1.54, 1.807) is 6.08 Å². The van der Waals surface area contributed by atoms with Crippen molar-refractivity contribution in [3.63, 3.8) is 0 Å². The zero-order valence-electron chi connectivity index (χ0n) is 31.5. The van der Waals surface area contributed by atoms with E-state index in [2.05, 4.69) is 55.6 Å². The standard InChI is InChI=1S/C39H73N2O6P/c1-6-8-10-12-14-16-18-19-20-21-23-25-27-29-31-33-39(43)40-37(36-47-48(44,45)46-35-34-41(3,4)5)38(42)32-30-28-26-24-22-17-15-13-11-9-7-2/h11,13,19-20,22,24,30,32,37-38,42H,6-10,12,14-18,21,23,25-29,31,33-36H2,1-5H3,(H-,40,43,44,45)/p+1/b13-11+,20-19-,24-22+,32-30+. The molecule has 0 aliphatic rings. The largest absolute Gasteiger partial charge is 0.472 e. The highest BCUT2D eigenvalue weighted by atomic mass is 31.2. The number of carbonyl (C=O) groups excluding carboxylic acids is 1. The molecule has 0 rings (SSSR count). The molecule has 0 fully saturated rings. The minimum absolute atomic E-state index is 0.0504. The maximum atomic E-state index is 12.8. The lowest BCUT2D eigenvalue weighted by atomic mass is 10.1. The van der Waals surface area contributed by atoms with Gasteiger partial charge in [0.05, 0.1) is 39.9 Å². The third kappa shape index (κ3) is 33.0. The van der Waals surface area contributed by atoms with Crippen molar-refractivity contribution in [2.75, 3.05) is 40.9 Å². The van der Waals surface area contributed by atoms with Crippen LogP contribution in [0.5, 0.6) is 0 Å². The highest BCUT2D eigenvalue weighted by Crippen LogP contribution is 2.43. The number of nitrogens with zero attached hydrogens (tertiary/aromatic N) is 1. The Morgan fingerprint density at radius 1 is 0.688 bits per heavy atom. The number of quaternary nitrogens is 1. The van der Waals surface area contributed by atoms with Crippen LogP contribution in [0.15, 0.2) is 48.6 Å². The first-order valence-electron chi connectivity index (χ1n) is 19.0. The Balaban J connectivity index is 4.59. The fourth-order valence-electron chi connectivity index (χ4n) is 4.90. The molecule has 0 aromatic heterocycles. The third-order valence-electron chi connectivity index (χ3n) is 7.98. The van der Waals surface area contributed by atoms with Crippen molar-refractivity contribution in [1.29, 1.82) is 0 Å². The summed E-state index contributed by atoms with van der Waals surface area (Å²) >= 11 is 0. The van der Waals surface area contributed by atoms with E-state index >= 15 is 0 Å². The van der Waals surface area contributed by atoms with Gasteiger partial charge in [0, 0.05) is 6.42 Å². The van der Waals surface area contributed by atoms with Crippen molar-refractivity contribution < 1.29 is 32.9 Å². The Morgan fingerprint density at radius 3 is 1.75 bits per heavy atom. The van der Waals surface area contributed by atoms with Crippen LogP contribution in [-0.4, -0.2) is 73.4 Å². The minimum atomic E-state index is -4.34. The number of hydrogen-bond acceptors (Lipinski definition) is 5. The van der Waals surface area contributed by atoms with Gasteiger partial charge >= 0.3 is 7.82 Å². The zero-order valence-corrected chi connectivity index (χ0v) is 32.4. The molecule has 0 aromatic rings. The van der Waals surface area contributed by atoms with Crippen LogP contribution < -0.4 is 5.32 Å². The number of amides is 1. The van der Waals surface area contributed by atoms with Crippen LogP contribution in [0.4, 0.5) is 0 Å². The monoisotopic (exact) mass is 698 g/mol. The molecule has 0 aliphatic heterocycles. The highest BCUT2D eigenvalue weighted by molar-refractivity contribution is 7.47. The summed E-state index contributed by atoms with van der Waals surface area (Å²) in [5, 5.41) is 13.7. The van der Waals surface area contributed by atoms with Crippen LogP contribution in [-0.2, 0) is 18.4 Å². The number of aliphatic hydroxyl groups is 1. The summed E-state index contributed by atoms with van der Waals surface area (Å²) < 4.78 is 23.4. The second-order valence-corrected chi connectivity index (χ2v) is 15.4. The molecular formula is C39H74N2O6P+. The van der Waals surface area contributed by atoms with Gasteiger partial charge in [-0.25, -0.2) is 4.57 Å². The van der Waals surface area contributed by atoms with Gasteiger partial charge < -0.3 is 19.8 Å². The van der Waals surface area contributed by atoms with Crippen LogP contribution in [0.1, 0.15) is 142 Å². The average molecular weight is 698 g/mol. The average Bonchev–Trinajstić information content (AvgIpc) is 3.02. The van der Waals surface area contributed by atoms with E-state index in [0.29, 0.717) is 17.4 Å². The maximum Gasteiger partial charge on any atom is 0.472 e. The number of likely N-dealkylation sites (N-methyl/N-ethyl adjacent to an activating group) is 1. The van der Waals surface area contributed by atoms with Crippen molar-refractivity contribution in [3.05, 3.63) is 48.6 Å². The van der Waals surface area contributed by atoms with Crippen LogP contribution in [0, 0.1) is 0 Å². The van der Waals surface area contributed by atoms with Gasteiger partial charge in [-0.1, -0.05) is 120 Å². The Morgan fingerprint density at radius 2 is 1.19 bits per heavy atom. The van der Waals surface area contributed by atoms with E-state index < -0.39 is 20.0 Å². The van der Waals surface area contributed by atoms with E-state index in [1.165, 1.54) is 57.8 Å². The van der Waals surface area contributed by atoms with Crippen molar-refractivity contribution in [2.45, 2.75) is 154 Å². The van der Waals surface area contributed by atoms with E-state index in [-0.39, 0.29) is 19.1 Å². The lowest BCUT2D eigenvalue weighted by Crippen LogP contribution is -2.45. The van der Waals surface area contributed by atoms with Gasteiger partial charge in [0.15, 0.2) is 0 Å². The summed E-state index contributed by atoms with van der Waals surface area (Å²) in [6.07, 6.45) is 37.5. The Bertz CT molecular complexity index is 928. The zero-order chi connectivity index (χ0) is 35.8. The summed E-state index contributed by atoms with van der Waals surface area (Å²) in [5.41, 5.74) is 0. The highest BCUT2D eigenvalue weighted by Gasteiger charge is 2.27. The van der Waals surface area contributed by atoms with Gasteiger partial charge in [-0.05, 0) is 64.2 Å². The smallest absolute Gasteiger partial charge is 0.387 e. The molecule has 0 spiro atoms. The van der Waals surface area contributed by atoms with Crippen LogP contribution >= 0.6 is 7.82 Å². The fraction of sp³-hybridized carbons (Fsp3) is 0.769. The maximum absolute atomic E-state index is 12.8. The first-order valence-corrected chi connectivity index (χ1v) is 20.5. The molecule has 48 heavy (non-hydrogen) atoms. The van der Waals surface area contributed by atoms with Gasteiger partial charge in [0.2, 0.25) is 5.91 Å². The van der Waals surface area contributed by atoms with Crippen LogP contribution in [0.2, 0.25) is 0 Å². The third-order valence-corrected chi connectivity index (χ3v) is 8.96. The summed E-state index contributed by atoms with van der Waals surface area (Å²) in [4.78, 5) is 22.9. The first kappa shape index (κ1) is 46.5. The number of aliphatic hydroxyl groups excluding tert-OH is 1. The predicted octanol–water partition coefficient (Wildman–Crippen LogP) is 9.74. The van der Waals surface area contributed by atoms with Crippen LogP contribution in [0.25, 0.3) is 0 Å². The molecule has 0 aliphatic carbocycles. The lowest BCUT2D eigenvalue weighted by Gasteiger charge is -2.25. The molecule has 280 valence electrons. The summed E-state index contributed by atoms with van der Waals surface area (Å²) in [6.45, 7) is 4.66. The Kier molecular flexibility index (Phi) is 30.4. The number of hydrogen-bond donors (Lipinski definition) is 3. The normalized spacial score (nSPS) is 15.2. The molecular weight excluding hydrogens is 623 g/mol. The molecule has 3 unspecified atom stereocenters. The molecule has 3 N–H and O–H groups in total. The van der Waals surface area contributed by atoms with Crippen molar-refractivity contribution in [2.24, 2.45) is 0 Å². The molecule has 0 heterocycles. The SMILES string of the molecule is CCC/C=C/CC/C=C/CC/C=C/C(O)C(COP(=O)(O)OCC[N+](C)(C)C)NC(=O)CCCCCCC/C=C\CCCCCCCC. The molecule has 3 atom stereocenters. The quantitative estimate of drug-likeness (QED) is 0.0273. The number of allylic oxidation sites excluding steroid dienone is 7. The second-order valence-electron chi connectivity index (χ2n) is 13.9. The first-order chi connectivity index (χ1) is 23.0. The fourth-order valence-corrected chi connectivity index (χ4v) is 5.63. The van der Waals surface area contributed by atoms with Gasteiger partial charge in [-0.15, -0.1) is 0 Å². The van der Waals surface area contributed by atoms with Gasteiger partial charge in [-0.2, -0.15) is 0 Å². The Labute approximate surface area is 295 Å². The molecule has 0 aromatic carbocycles. The number of unbranched alkanes of at least 4 members (excludes halogenated alkanes) is 14. The molecule has 0 saturated heterocycles. The van der Waals surface area contributed by atoms with Gasteiger partial charge in [-0.3, -0.25) is 13.8 Å². The lowest BCUT2D eigenvalue weighted by molar-refractivity contribution is -0.870. The molecule has 8 nitrogen and oxygen atoms in total. The molecule has 1 amide bonds. The summed E-state index contributed by atoms with van der Waals surface area (Å²) in [5.74, 6) is -0.205. The van der Waals surface area contributed by atoms with E-state index in [9.17, 15) is 19.4 Å². The number of rotatable bonds is 33. The number of carbonyl (C=O) groups is 1. The number of nitrogens with one attached hydrogen (secondary N) is 1. The van der Waals surface area contributed by atoms with Crippen molar-refractivity contribution >= 4 is 13.7 Å². The van der Waals surface area contributed by atoms with Crippen LogP contribution in [0.3, 0.4) is 0 Å². The number of phosphoric ester groups is 1. The minimum Gasteiger partial charge on any atom is -0.387 e. The second kappa shape index (κ2) is 31.4. The Hall–Kier alpha value is -1.54. The van der Waals surface area contributed by atoms with E-state index in [0.717, 1.165) is 64.2 Å². The predicted molar refractivity (Wildman–Crippen MR) is 203 cm³/mol. The van der Waals surface area contributed by atoms with Crippen molar-refractivity contribution in [1.82, 2.24) is 5.32 Å². The van der Waals surface area contributed by atoms with E-state index in [1.807, 2.05) is 27.2 Å². The topological polar surface area (TPSA) is 105 Å². The molecule has 9 heteroatoms. The van der Waals surface area contributed by atoms with Gasteiger partial charge in [0.25, 0.3) is 0 Å². The molecule has 0 bridgehead atoms. The van der Waals surface area contributed by atoms with Crippen molar-refractivity contribution in [3.8, 4) is 0 Å². The summed E-state index contributed by atoms with van der Waals surface area (Å²) in [7, 11) is 1.53. The molecule has 0 saturated carbocycles. The van der Waals surface area contributed by atoms with E-state index in [4.69, 9.17) is 9.05 Å². The molecule has 0 radical (unpaired) electrons.